The van der Waals surface area contributed by atoms with E-state index in [1.807, 2.05) is 73.1 Å². The second-order valence-corrected chi connectivity index (χ2v) is 9.57. The molecule has 0 spiro atoms. The lowest BCUT2D eigenvalue weighted by atomic mass is 10.1. The fourth-order valence-electron chi connectivity index (χ4n) is 4.08. The van der Waals surface area contributed by atoms with Gasteiger partial charge in [0.2, 0.25) is 5.88 Å². The molecule has 0 saturated carbocycles. The molecule has 3 aromatic rings. The molecule has 8 nitrogen and oxygen atoms in total. The Morgan fingerprint density at radius 1 is 1.05 bits per heavy atom. The summed E-state index contributed by atoms with van der Waals surface area (Å²) in [5.41, 5.74) is 2.65. The van der Waals surface area contributed by atoms with Gasteiger partial charge < -0.3 is 19.3 Å². The first-order valence-corrected chi connectivity index (χ1v) is 12.8. The zero-order valence-electron chi connectivity index (χ0n) is 22.5. The molecule has 0 bridgehead atoms. The van der Waals surface area contributed by atoms with Crippen LogP contribution in [0.2, 0.25) is 0 Å². The molecule has 2 aromatic carbocycles. The Labute approximate surface area is 219 Å². The van der Waals surface area contributed by atoms with Crippen LogP contribution in [0.5, 0.6) is 17.4 Å². The smallest absolute Gasteiger partial charge is 0.305 e. The van der Waals surface area contributed by atoms with Gasteiger partial charge in [0.05, 0.1) is 24.1 Å². The van der Waals surface area contributed by atoms with Gasteiger partial charge in [0.15, 0.2) is 0 Å². The van der Waals surface area contributed by atoms with Crippen LogP contribution in [0.3, 0.4) is 0 Å². The number of aromatic nitrogens is 2. The molecule has 1 heterocycles. The Hall–Kier alpha value is -3.36. The molecule has 0 fully saturated rings. The van der Waals surface area contributed by atoms with Gasteiger partial charge in [0.1, 0.15) is 24.2 Å². The van der Waals surface area contributed by atoms with E-state index in [1.54, 1.807) is 7.11 Å². The summed E-state index contributed by atoms with van der Waals surface area (Å²) in [6.45, 7) is 9.75. The standard InChI is InChI=1S/C29H39N3O5/c1-6-10-28(34)36-20-24(33)18-31(17-21(2)3)19-27-22(4)30-32(23-11-8-7-9-12-23)29(27)37-26-15-13-25(35-5)14-16-26/h7-9,11-16,21,24,33H,6,10,17-20H2,1-5H3/t24-/m0/s1. The number of aryl methyl sites for hydroxylation is 1. The number of carbonyl (C=O) groups excluding carboxylic acids is 1. The molecule has 1 N–H and O–H groups in total. The highest BCUT2D eigenvalue weighted by atomic mass is 16.5. The second-order valence-electron chi connectivity index (χ2n) is 9.57. The van der Waals surface area contributed by atoms with Crippen LogP contribution in [0.4, 0.5) is 0 Å². The van der Waals surface area contributed by atoms with Crippen molar-refractivity contribution in [2.24, 2.45) is 5.92 Å². The molecule has 0 radical (unpaired) electrons. The third-order valence-electron chi connectivity index (χ3n) is 5.78. The van der Waals surface area contributed by atoms with Gasteiger partial charge in [-0.2, -0.15) is 5.10 Å². The first-order valence-electron chi connectivity index (χ1n) is 12.8. The van der Waals surface area contributed by atoms with Crippen molar-refractivity contribution < 1.29 is 24.1 Å². The molecule has 1 atom stereocenters. The molecule has 200 valence electrons. The zero-order chi connectivity index (χ0) is 26.8. The molecule has 0 aliphatic heterocycles. The highest BCUT2D eigenvalue weighted by Crippen LogP contribution is 2.32. The topological polar surface area (TPSA) is 86.1 Å². The number of para-hydroxylation sites is 1. The number of benzene rings is 2. The van der Waals surface area contributed by atoms with Gasteiger partial charge in [-0.25, -0.2) is 4.68 Å². The summed E-state index contributed by atoms with van der Waals surface area (Å²) < 4.78 is 18.8. The predicted octanol–water partition coefficient (Wildman–Crippen LogP) is 5.14. The lowest BCUT2D eigenvalue weighted by molar-refractivity contribution is -0.147. The van der Waals surface area contributed by atoms with E-state index in [2.05, 4.69) is 18.7 Å². The lowest BCUT2D eigenvalue weighted by Gasteiger charge is -2.27. The van der Waals surface area contributed by atoms with Gasteiger partial charge in [0, 0.05) is 26.1 Å². The van der Waals surface area contributed by atoms with Crippen molar-refractivity contribution in [1.29, 1.82) is 0 Å². The molecular formula is C29H39N3O5. The maximum absolute atomic E-state index is 11.8. The Bertz CT molecular complexity index is 1110. The molecular weight excluding hydrogens is 470 g/mol. The van der Waals surface area contributed by atoms with E-state index in [9.17, 15) is 9.90 Å². The highest BCUT2D eigenvalue weighted by molar-refractivity contribution is 5.69. The van der Waals surface area contributed by atoms with Crippen LogP contribution in [-0.4, -0.2) is 58.7 Å². The Morgan fingerprint density at radius 3 is 2.35 bits per heavy atom. The van der Waals surface area contributed by atoms with Gasteiger partial charge in [-0.1, -0.05) is 39.0 Å². The van der Waals surface area contributed by atoms with Gasteiger partial charge in [-0.05, 0) is 55.7 Å². The van der Waals surface area contributed by atoms with E-state index >= 15 is 0 Å². The van der Waals surface area contributed by atoms with Gasteiger partial charge in [-0.15, -0.1) is 0 Å². The summed E-state index contributed by atoms with van der Waals surface area (Å²) in [5.74, 6) is 2.11. The van der Waals surface area contributed by atoms with Crippen LogP contribution >= 0.6 is 0 Å². The second kappa shape index (κ2) is 13.8. The summed E-state index contributed by atoms with van der Waals surface area (Å²) >= 11 is 0. The molecule has 0 amide bonds. The number of nitrogens with zero attached hydrogens (tertiary/aromatic N) is 3. The summed E-state index contributed by atoms with van der Waals surface area (Å²) in [6, 6.07) is 17.3. The largest absolute Gasteiger partial charge is 0.497 e. The minimum Gasteiger partial charge on any atom is -0.497 e. The van der Waals surface area contributed by atoms with Crippen LogP contribution in [0.15, 0.2) is 54.6 Å². The van der Waals surface area contributed by atoms with Crippen LogP contribution < -0.4 is 9.47 Å². The number of hydrogen-bond acceptors (Lipinski definition) is 7. The van der Waals surface area contributed by atoms with E-state index in [1.165, 1.54) is 0 Å². The molecule has 1 aromatic heterocycles. The van der Waals surface area contributed by atoms with E-state index in [0.29, 0.717) is 37.1 Å². The summed E-state index contributed by atoms with van der Waals surface area (Å²) in [5, 5.41) is 15.5. The first-order chi connectivity index (χ1) is 17.8. The summed E-state index contributed by atoms with van der Waals surface area (Å²) in [6.07, 6.45) is 0.276. The highest BCUT2D eigenvalue weighted by Gasteiger charge is 2.23. The molecule has 0 aliphatic carbocycles. The quantitative estimate of drug-likeness (QED) is 0.301. The monoisotopic (exact) mass is 509 g/mol. The molecule has 0 aliphatic rings. The number of ether oxygens (including phenoxy) is 3. The maximum atomic E-state index is 11.8. The van der Waals surface area contributed by atoms with Gasteiger partial charge in [0.25, 0.3) is 0 Å². The minimum atomic E-state index is -0.796. The van der Waals surface area contributed by atoms with Crippen LogP contribution in [0.25, 0.3) is 5.69 Å². The van der Waals surface area contributed by atoms with Crippen molar-refractivity contribution in [3.8, 4) is 23.1 Å². The average Bonchev–Trinajstić information content (AvgIpc) is 3.18. The number of aliphatic hydroxyl groups excluding tert-OH is 1. The third-order valence-corrected chi connectivity index (χ3v) is 5.78. The normalized spacial score (nSPS) is 12.1. The number of methoxy groups -OCH3 is 1. The molecule has 0 unspecified atom stereocenters. The summed E-state index contributed by atoms with van der Waals surface area (Å²) in [7, 11) is 1.63. The van der Waals surface area contributed by atoms with Crippen molar-refractivity contribution in [3.63, 3.8) is 0 Å². The first kappa shape index (κ1) is 28.2. The maximum Gasteiger partial charge on any atom is 0.305 e. The minimum absolute atomic E-state index is 0.0229. The van der Waals surface area contributed by atoms with E-state index in [-0.39, 0.29) is 12.6 Å². The molecule has 8 heteroatoms. The van der Waals surface area contributed by atoms with E-state index in [4.69, 9.17) is 19.3 Å². The predicted molar refractivity (Wildman–Crippen MR) is 143 cm³/mol. The van der Waals surface area contributed by atoms with Crippen LogP contribution in [0, 0.1) is 12.8 Å². The van der Waals surface area contributed by atoms with Crippen LogP contribution in [0.1, 0.15) is 44.9 Å². The van der Waals surface area contributed by atoms with Crippen molar-refractivity contribution >= 4 is 5.97 Å². The average molecular weight is 510 g/mol. The van der Waals surface area contributed by atoms with E-state index < -0.39 is 6.10 Å². The van der Waals surface area contributed by atoms with Crippen LogP contribution in [-0.2, 0) is 16.1 Å². The number of rotatable bonds is 14. The number of aliphatic hydroxyl groups is 1. The zero-order valence-corrected chi connectivity index (χ0v) is 22.5. The third kappa shape index (κ3) is 8.33. The number of esters is 1. The lowest BCUT2D eigenvalue weighted by Crippen LogP contribution is -2.37. The Balaban J connectivity index is 1.89. The number of carbonyl (C=O) groups is 1. The Morgan fingerprint density at radius 2 is 1.73 bits per heavy atom. The van der Waals surface area contributed by atoms with Gasteiger partial charge >= 0.3 is 5.97 Å². The fraction of sp³-hybridized carbons (Fsp3) is 0.448. The SMILES string of the molecule is CCCC(=O)OC[C@@H](O)CN(Cc1c(C)nn(-c2ccccc2)c1Oc1ccc(OC)cc1)CC(C)C. The van der Waals surface area contributed by atoms with Crippen molar-refractivity contribution in [2.75, 3.05) is 26.8 Å². The van der Waals surface area contributed by atoms with Crippen molar-refractivity contribution in [2.45, 2.75) is 53.2 Å². The molecule has 37 heavy (non-hydrogen) atoms. The number of hydrogen-bond donors (Lipinski definition) is 1. The molecule has 0 saturated heterocycles. The molecule has 3 rings (SSSR count). The fourth-order valence-corrected chi connectivity index (χ4v) is 4.08. The van der Waals surface area contributed by atoms with Gasteiger partial charge in [-0.3, -0.25) is 9.69 Å². The summed E-state index contributed by atoms with van der Waals surface area (Å²) in [4.78, 5) is 13.9. The van der Waals surface area contributed by atoms with Crippen molar-refractivity contribution in [1.82, 2.24) is 14.7 Å². The van der Waals surface area contributed by atoms with Crippen molar-refractivity contribution in [3.05, 3.63) is 65.9 Å². The Kier molecular flexibility index (Phi) is 10.5. The van der Waals surface area contributed by atoms with E-state index in [0.717, 1.165) is 35.7 Å².